The number of aliphatic carboxylic acids is 1. The van der Waals surface area contributed by atoms with Crippen LogP contribution in [0.4, 0.5) is 0 Å². The van der Waals surface area contributed by atoms with E-state index in [9.17, 15) is 9.90 Å². The zero-order valence-electron chi connectivity index (χ0n) is 11.1. The molecule has 6 nitrogen and oxygen atoms in total. The highest BCUT2D eigenvalue weighted by Crippen LogP contribution is 2.27. The molecule has 0 radical (unpaired) electrons. The molecule has 2 heterocycles. The second kappa shape index (κ2) is 4.82. The molecule has 1 aromatic carbocycles. The van der Waals surface area contributed by atoms with Crippen molar-refractivity contribution in [2.24, 2.45) is 0 Å². The first-order valence-corrected chi connectivity index (χ1v) is 7.21. The number of benzene rings is 1. The van der Waals surface area contributed by atoms with E-state index in [2.05, 4.69) is 14.8 Å². The van der Waals surface area contributed by atoms with Crippen molar-refractivity contribution in [3.63, 3.8) is 0 Å². The van der Waals surface area contributed by atoms with Crippen LogP contribution in [0.3, 0.4) is 0 Å². The maximum Gasteiger partial charge on any atom is 0.237 e. The second-order valence-corrected chi connectivity index (χ2v) is 5.74. The lowest BCUT2D eigenvalue weighted by Crippen LogP contribution is -2.31. The Bertz CT molecular complexity index is 792. The number of carbonyl (C=O) groups is 1. The monoisotopic (exact) mass is 289 g/mol. The fourth-order valence-electron chi connectivity index (χ4n) is 2.23. The minimum Gasteiger partial charge on any atom is -0.549 e. The number of aromatic nitrogens is 4. The number of para-hydroxylation sites is 2. The highest BCUT2D eigenvalue weighted by Gasteiger charge is 2.18. The van der Waals surface area contributed by atoms with E-state index in [1.54, 1.807) is 6.92 Å². The van der Waals surface area contributed by atoms with E-state index in [0.717, 1.165) is 35.1 Å². The highest BCUT2D eigenvalue weighted by atomic mass is 32.2. The second-order valence-electron chi connectivity index (χ2n) is 4.43. The molecule has 104 valence electrons. The van der Waals surface area contributed by atoms with Crippen LogP contribution in [0.15, 0.2) is 29.4 Å². The van der Waals surface area contributed by atoms with Gasteiger partial charge in [-0.2, -0.15) is 0 Å². The number of rotatable bonds is 4. The molecule has 0 aliphatic carbocycles. The molecule has 0 unspecified atom stereocenters. The van der Waals surface area contributed by atoms with Gasteiger partial charge >= 0.3 is 0 Å². The van der Waals surface area contributed by atoms with Gasteiger partial charge in [-0.15, -0.1) is 10.2 Å². The molecule has 2 aromatic heterocycles. The number of carbonyl (C=O) groups excluding carboxylic acids is 1. The van der Waals surface area contributed by atoms with Crippen LogP contribution in [-0.2, 0) is 11.3 Å². The van der Waals surface area contributed by atoms with Crippen molar-refractivity contribution in [1.29, 1.82) is 0 Å². The Morgan fingerprint density at radius 3 is 2.70 bits per heavy atom. The number of hydrogen-bond donors (Lipinski definition) is 0. The van der Waals surface area contributed by atoms with Gasteiger partial charge in [-0.3, -0.25) is 4.40 Å². The molecule has 0 aliphatic heterocycles. The van der Waals surface area contributed by atoms with Gasteiger partial charge in [0.25, 0.3) is 0 Å². The largest absolute Gasteiger partial charge is 0.549 e. The summed E-state index contributed by atoms with van der Waals surface area (Å²) in [6.45, 7) is 4.40. The number of thioether (sulfide) groups is 1. The minimum atomic E-state index is -1.11. The summed E-state index contributed by atoms with van der Waals surface area (Å²) >= 11 is 1.14. The molecule has 0 saturated heterocycles. The third-order valence-corrected chi connectivity index (χ3v) is 4.22. The molecule has 0 amide bonds. The number of hydrogen-bond acceptors (Lipinski definition) is 5. The maximum atomic E-state index is 10.9. The van der Waals surface area contributed by atoms with Crippen LogP contribution in [-0.4, -0.2) is 30.4 Å². The summed E-state index contributed by atoms with van der Waals surface area (Å²) in [7, 11) is 0. The number of fused-ring (bicyclic) bond motifs is 3. The summed E-state index contributed by atoms with van der Waals surface area (Å²) in [6, 6.07) is 7.91. The third-order valence-electron chi connectivity index (χ3n) is 3.20. The van der Waals surface area contributed by atoms with E-state index in [0.29, 0.717) is 5.16 Å². The zero-order chi connectivity index (χ0) is 14.3. The Morgan fingerprint density at radius 1 is 1.35 bits per heavy atom. The Kier molecular flexibility index (Phi) is 3.13. The summed E-state index contributed by atoms with van der Waals surface area (Å²) in [5, 5.41) is 19.1. The van der Waals surface area contributed by atoms with Crippen LogP contribution < -0.4 is 5.11 Å². The van der Waals surface area contributed by atoms with Gasteiger partial charge in [0.05, 0.1) is 17.0 Å². The molecule has 0 spiro atoms. The van der Waals surface area contributed by atoms with Crippen LogP contribution in [0.1, 0.15) is 13.8 Å². The van der Waals surface area contributed by atoms with E-state index in [-0.39, 0.29) is 0 Å². The van der Waals surface area contributed by atoms with E-state index < -0.39 is 11.2 Å². The first kappa shape index (κ1) is 13.0. The average Bonchev–Trinajstić information content (AvgIpc) is 2.97. The Balaban J connectivity index is 2.23. The van der Waals surface area contributed by atoms with Gasteiger partial charge in [-0.1, -0.05) is 23.9 Å². The predicted molar refractivity (Wildman–Crippen MR) is 74.5 cm³/mol. The molecule has 0 fully saturated rings. The summed E-state index contributed by atoms with van der Waals surface area (Å²) < 4.78 is 3.94. The average molecular weight is 289 g/mol. The molecule has 7 heteroatoms. The van der Waals surface area contributed by atoms with E-state index in [1.165, 1.54) is 0 Å². The molecule has 1 atom stereocenters. The maximum absolute atomic E-state index is 10.9. The smallest absolute Gasteiger partial charge is 0.237 e. The fraction of sp³-hybridized carbons (Fsp3) is 0.308. The lowest BCUT2D eigenvalue weighted by Gasteiger charge is -2.09. The molecule has 3 aromatic rings. The summed E-state index contributed by atoms with van der Waals surface area (Å²) in [4.78, 5) is 10.9. The first-order valence-electron chi connectivity index (χ1n) is 6.33. The Labute approximate surface area is 119 Å². The summed E-state index contributed by atoms with van der Waals surface area (Å²) in [5.74, 6) is -0.382. The van der Waals surface area contributed by atoms with Crippen LogP contribution in [0.5, 0.6) is 0 Å². The van der Waals surface area contributed by atoms with Gasteiger partial charge in [0, 0.05) is 11.8 Å². The van der Waals surface area contributed by atoms with Gasteiger partial charge in [0.1, 0.15) is 0 Å². The normalized spacial score (nSPS) is 13.1. The van der Waals surface area contributed by atoms with Crippen molar-refractivity contribution >= 4 is 34.5 Å². The number of carboxylic acids is 1. The SMILES string of the molecule is CCn1c2ccccc2n2c(S[C@H](C)C(=O)[O-])nnc12. The minimum absolute atomic E-state index is 0.570. The molecule has 0 N–H and O–H groups in total. The lowest BCUT2D eigenvalue weighted by atomic mass is 10.3. The van der Waals surface area contributed by atoms with Gasteiger partial charge in [-0.25, -0.2) is 0 Å². The topological polar surface area (TPSA) is 75.2 Å². The number of aryl methyl sites for hydroxylation is 1. The summed E-state index contributed by atoms with van der Waals surface area (Å²) in [5.41, 5.74) is 2.03. The van der Waals surface area contributed by atoms with Crippen molar-refractivity contribution in [3.8, 4) is 0 Å². The Morgan fingerprint density at radius 2 is 2.05 bits per heavy atom. The molecular weight excluding hydrogens is 276 g/mol. The zero-order valence-corrected chi connectivity index (χ0v) is 11.9. The lowest BCUT2D eigenvalue weighted by molar-refractivity contribution is -0.304. The van der Waals surface area contributed by atoms with E-state index >= 15 is 0 Å². The quantitative estimate of drug-likeness (QED) is 0.668. The van der Waals surface area contributed by atoms with Crippen molar-refractivity contribution in [2.45, 2.75) is 30.8 Å². The van der Waals surface area contributed by atoms with Crippen molar-refractivity contribution < 1.29 is 9.90 Å². The van der Waals surface area contributed by atoms with Crippen LogP contribution in [0.2, 0.25) is 0 Å². The molecule has 0 aliphatic rings. The fourth-order valence-corrected chi connectivity index (χ4v) is 3.02. The molecule has 20 heavy (non-hydrogen) atoms. The van der Waals surface area contributed by atoms with Crippen molar-refractivity contribution in [3.05, 3.63) is 24.3 Å². The highest BCUT2D eigenvalue weighted by molar-refractivity contribution is 8.00. The number of carboxylic acid groups (broad SMARTS) is 1. The van der Waals surface area contributed by atoms with Crippen LogP contribution in [0, 0.1) is 0 Å². The molecular formula is C13H13N4O2S-. The van der Waals surface area contributed by atoms with Gasteiger partial charge in [-0.05, 0) is 26.0 Å². The van der Waals surface area contributed by atoms with Crippen molar-refractivity contribution in [1.82, 2.24) is 19.2 Å². The number of nitrogens with zero attached hydrogens (tertiary/aromatic N) is 4. The van der Waals surface area contributed by atoms with Gasteiger partial charge in [0.2, 0.25) is 5.78 Å². The van der Waals surface area contributed by atoms with Gasteiger partial charge in [0.15, 0.2) is 5.16 Å². The Hall–Kier alpha value is -2.02. The molecule has 3 rings (SSSR count). The molecule has 0 saturated carbocycles. The van der Waals surface area contributed by atoms with E-state index in [4.69, 9.17) is 0 Å². The van der Waals surface area contributed by atoms with Gasteiger partial charge < -0.3 is 14.5 Å². The van der Waals surface area contributed by atoms with Crippen LogP contribution >= 0.6 is 11.8 Å². The van der Waals surface area contributed by atoms with Crippen molar-refractivity contribution in [2.75, 3.05) is 0 Å². The van der Waals surface area contributed by atoms with Crippen LogP contribution in [0.25, 0.3) is 16.8 Å². The summed E-state index contributed by atoms with van der Waals surface area (Å²) in [6.07, 6.45) is 0. The third kappa shape index (κ3) is 1.85. The van der Waals surface area contributed by atoms with E-state index in [1.807, 2.05) is 35.6 Å². The molecule has 0 bridgehead atoms. The first-order chi connectivity index (χ1) is 9.63. The standard InChI is InChI=1S/C13H14N4O2S/c1-3-16-9-6-4-5-7-10(9)17-12(16)14-15-13(17)20-8(2)11(18)19/h4-8H,3H2,1-2H3,(H,18,19)/p-1/t8-/m1/s1. The number of imidazole rings is 1. The predicted octanol–water partition coefficient (Wildman–Crippen LogP) is 0.934.